The Bertz CT molecular complexity index is 735. The number of amides is 1. The van der Waals surface area contributed by atoms with E-state index < -0.39 is 0 Å². The van der Waals surface area contributed by atoms with E-state index in [0.29, 0.717) is 23.9 Å². The van der Waals surface area contributed by atoms with Gasteiger partial charge in [-0.05, 0) is 52.1 Å². The van der Waals surface area contributed by atoms with Crippen molar-refractivity contribution in [3.8, 4) is 0 Å². The maximum atomic E-state index is 12.8. The van der Waals surface area contributed by atoms with E-state index in [9.17, 15) is 4.79 Å². The summed E-state index contributed by atoms with van der Waals surface area (Å²) >= 11 is 0. The minimum absolute atomic E-state index is 0.195. The van der Waals surface area contributed by atoms with E-state index in [1.165, 1.54) is 12.8 Å². The van der Waals surface area contributed by atoms with Crippen molar-refractivity contribution in [2.75, 3.05) is 19.6 Å². The predicted molar refractivity (Wildman–Crippen MR) is 99.0 cm³/mol. The summed E-state index contributed by atoms with van der Waals surface area (Å²) in [6.45, 7) is 11.7. The summed E-state index contributed by atoms with van der Waals surface area (Å²) in [5.74, 6) is 1.17. The third-order valence-corrected chi connectivity index (χ3v) is 4.89. The number of carbonyl (C=O) groups is 1. The van der Waals surface area contributed by atoms with Crippen LogP contribution in [0.5, 0.6) is 0 Å². The van der Waals surface area contributed by atoms with Gasteiger partial charge in [-0.25, -0.2) is 0 Å². The van der Waals surface area contributed by atoms with Gasteiger partial charge in [0.15, 0.2) is 5.69 Å². The number of piperidine rings is 1. The number of rotatable bonds is 6. The van der Waals surface area contributed by atoms with Crippen LogP contribution in [0.3, 0.4) is 0 Å². The largest absolute Gasteiger partial charge is 0.361 e. The Morgan fingerprint density at radius 1 is 1.46 bits per heavy atom. The topological polar surface area (TPSA) is 76.2 Å². The highest BCUT2D eigenvalue weighted by Gasteiger charge is 2.29. The fourth-order valence-corrected chi connectivity index (χ4v) is 3.71. The fourth-order valence-electron chi connectivity index (χ4n) is 3.71. The smallest absolute Gasteiger partial charge is 0.274 e. The van der Waals surface area contributed by atoms with E-state index >= 15 is 0 Å². The molecule has 7 heteroatoms. The number of aryl methyl sites for hydroxylation is 1. The van der Waals surface area contributed by atoms with Gasteiger partial charge in [0.1, 0.15) is 5.76 Å². The molecule has 2 aromatic rings. The molecular weight excluding hydrogens is 330 g/mol. The summed E-state index contributed by atoms with van der Waals surface area (Å²) in [5.41, 5.74) is 0.774. The van der Waals surface area contributed by atoms with Crippen molar-refractivity contribution in [2.24, 2.45) is 5.92 Å². The highest BCUT2D eigenvalue weighted by Crippen LogP contribution is 2.19. The van der Waals surface area contributed by atoms with Crippen LogP contribution in [0.4, 0.5) is 0 Å². The van der Waals surface area contributed by atoms with E-state index in [0.717, 1.165) is 25.2 Å². The lowest BCUT2D eigenvalue weighted by molar-refractivity contribution is 0.0853. The monoisotopic (exact) mass is 359 g/mol. The molecule has 0 radical (unpaired) electrons. The third-order valence-electron chi connectivity index (χ3n) is 4.89. The average molecular weight is 359 g/mol. The first-order valence-electron chi connectivity index (χ1n) is 9.31. The van der Waals surface area contributed by atoms with Crippen molar-refractivity contribution in [2.45, 2.75) is 52.6 Å². The zero-order valence-electron chi connectivity index (χ0n) is 16.2. The molecule has 0 bridgehead atoms. The van der Waals surface area contributed by atoms with Crippen molar-refractivity contribution >= 4 is 5.91 Å². The van der Waals surface area contributed by atoms with Crippen LogP contribution in [0, 0.1) is 12.8 Å². The van der Waals surface area contributed by atoms with Crippen molar-refractivity contribution in [1.29, 1.82) is 0 Å². The molecule has 1 amide bonds. The van der Waals surface area contributed by atoms with Gasteiger partial charge in [0, 0.05) is 36.6 Å². The van der Waals surface area contributed by atoms with Gasteiger partial charge in [0.25, 0.3) is 5.91 Å². The van der Waals surface area contributed by atoms with Gasteiger partial charge in [-0.3, -0.25) is 9.48 Å². The first-order chi connectivity index (χ1) is 12.3. The lowest BCUT2D eigenvalue weighted by Crippen LogP contribution is -2.53. The van der Waals surface area contributed by atoms with Crippen molar-refractivity contribution in [3.63, 3.8) is 0 Å². The Balaban J connectivity index is 1.67. The fraction of sp³-hybridized carbons (Fsp3) is 0.632. The number of likely N-dealkylation sites (tertiary alicyclic amines) is 1. The Kier molecular flexibility index (Phi) is 5.46. The molecule has 1 atom stereocenters. The first kappa shape index (κ1) is 18.6. The van der Waals surface area contributed by atoms with Crippen LogP contribution in [-0.4, -0.2) is 50.9 Å². The number of nitrogens with one attached hydrogen (secondary N) is 1. The van der Waals surface area contributed by atoms with Crippen LogP contribution >= 0.6 is 0 Å². The zero-order chi connectivity index (χ0) is 18.7. The minimum Gasteiger partial charge on any atom is -0.361 e. The quantitative estimate of drug-likeness (QED) is 0.857. The molecule has 1 saturated heterocycles. The number of nitrogens with zero attached hydrogens (tertiary/aromatic N) is 4. The molecule has 2 aromatic heterocycles. The van der Waals surface area contributed by atoms with Crippen molar-refractivity contribution in [3.05, 3.63) is 35.5 Å². The molecular formula is C19H29N5O2. The van der Waals surface area contributed by atoms with Crippen LogP contribution in [-0.2, 0) is 6.54 Å². The van der Waals surface area contributed by atoms with E-state index in [2.05, 4.69) is 41.2 Å². The Hall–Kier alpha value is -2.15. The van der Waals surface area contributed by atoms with Crippen LogP contribution < -0.4 is 5.32 Å². The highest BCUT2D eigenvalue weighted by atomic mass is 16.5. The maximum absolute atomic E-state index is 12.8. The Morgan fingerprint density at radius 3 is 2.96 bits per heavy atom. The van der Waals surface area contributed by atoms with Gasteiger partial charge < -0.3 is 14.7 Å². The number of carbonyl (C=O) groups excluding carboxylic acids is 1. The summed E-state index contributed by atoms with van der Waals surface area (Å²) in [4.78, 5) is 15.3. The van der Waals surface area contributed by atoms with Crippen LogP contribution in [0.15, 0.2) is 23.0 Å². The summed E-state index contributed by atoms with van der Waals surface area (Å²) < 4.78 is 7.04. The molecule has 0 unspecified atom stereocenters. The normalized spacial score (nSPS) is 18.8. The van der Waals surface area contributed by atoms with Crippen LogP contribution in [0.2, 0.25) is 0 Å². The molecule has 0 spiro atoms. The molecule has 0 aliphatic carbocycles. The van der Waals surface area contributed by atoms with E-state index in [1.807, 2.05) is 19.2 Å². The molecule has 3 rings (SSSR count). The minimum atomic E-state index is -0.343. The van der Waals surface area contributed by atoms with E-state index in [1.54, 1.807) is 10.9 Å². The molecule has 1 fully saturated rings. The van der Waals surface area contributed by atoms with Crippen LogP contribution in [0.1, 0.15) is 55.4 Å². The standard InChI is InChI=1S/C19H29N5O2/c1-14-7-5-9-23(11-14)13-19(3,4)21-18(25)17-16(15(2)26-22-17)12-24-10-6-8-20-24/h6,8,10,14H,5,7,9,11-13H2,1-4H3,(H,21,25)/t14-/m0/s1. The number of aromatic nitrogens is 3. The molecule has 0 saturated carbocycles. The van der Waals surface area contributed by atoms with E-state index in [-0.39, 0.29) is 11.4 Å². The molecule has 142 valence electrons. The van der Waals surface area contributed by atoms with Crippen molar-refractivity contribution in [1.82, 2.24) is 25.2 Å². The molecule has 1 N–H and O–H groups in total. The predicted octanol–water partition coefficient (Wildman–Crippen LogP) is 2.47. The average Bonchev–Trinajstić information content (AvgIpc) is 3.17. The highest BCUT2D eigenvalue weighted by molar-refractivity contribution is 5.94. The molecule has 1 aliphatic heterocycles. The van der Waals surface area contributed by atoms with Crippen LogP contribution in [0.25, 0.3) is 0 Å². The molecule has 3 heterocycles. The summed E-state index contributed by atoms with van der Waals surface area (Å²) in [6, 6.07) is 1.85. The molecule has 7 nitrogen and oxygen atoms in total. The molecule has 1 aliphatic rings. The van der Waals surface area contributed by atoms with E-state index in [4.69, 9.17) is 4.52 Å². The Labute approximate surface area is 154 Å². The summed E-state index contributed by atoms with van der Waals surface area (Å²) in [6.07, 6.45) is 6.08. The summed E-state index contributed by atoms with van der Waals surface area (Å²) in [5, 5.41) is 11.3. The second-order valence-electron chi connectivity index (χ2n) is 8.09. The van der Waals surface area contributed by atoms with Gasteiger partial charge in [0.05, 0.1) is 6.54 Å². The zero-order valence-corrected chi connectivity index (χ0v) is 16.2. The van der Waals surface area contributed by atoms with Gasteiger partial charge in [-0.1, -0.05) is 12.1 Å². The van der Waals surface area contributed by atoms with Gasteiger partial charge in [0.2, 0.25) is 0 Å². The van der Waals surface area contributed by atoms with Gasteiger partial charge in [-0.2, -0.15) is 5.10 Å². The lowest BCUT2D eigenvalue weighted by atomic mass is 9.97. The summed E-state index contributed by atoms with van der Waals surface area (Å²) in [7, 11) is 0. The second kappa shape index (κ2) is 7.61. The lowest BCUT2D eigenvalue weighted by Gasteiger charge is -2.37. The van der Waals surface area contributed by atoms with Gasteiger partial charge >= 0.3 is 0 Å². The van der Waals surface area contributed by atoms with Gasteiger partial charge in [-0.15, -0.1) is 0 Å². The second-order valence-corrected chi connectivity index (χ2v) is 8.09. The maximum Gasteiger partial charge on any atom is 0.274 e. The molecule has 26 heavy (non-hydrogen) atoms. The first-order valence-corrected chi connectivity index (χ1v) is 9.31. The SMILES string of the molecule is Cc1onc(C(=O)NC(C)(C)CN2CCC[C@H](C)C2)c1Cn1cccn1. The third kappa shape index (κ3) is 4.52. The Morgan fingerprint density at radius 2 is 2.27 bits per heavy atom. The number of hydrogen-bond donors (Lipinski definition) is 1. The number of hydrogen-bond acceptors (Lipinski definition) is 5. The molecule has 0 aromatic carbocycles. The van der Waals surface area contributed by atoms with Crippen molar-refractivity contribution < 1.29 is 9.32 Å².